The average Bonchev–Trinajstić information content (AvgIpc) is 2.45. The maximum absolute atomic E-state index is 11.4. The first-order chi connectivity index (χ1) is 6.89. The van der Waals surface area contributed by atoms with Gasteiger partial charge in [0.25, 0.3) is 5.56 Å². The highest BCUT2D eigenvalue weighted by molar-refractivity contribution is 7.90. The first kappa shape index (κ1) is 10.2. The van der Waals surface area contributed by atoms with Gasteiger partial charge in [0.2, 0.25) is 15.0 Å². The highest BCUT2D eigenvalue weighted by atomic mass is 32.2. The molecule has 1 aromatic rings. The van der Waals surface area contributed by atoms with E-state index < -0.39 is 15.4 Å². The van der Waals surface area contributed by atoms with E-state index >= 15 is 0 Å². The number of hydrogen-bond acceptors (Lipinski definition) is 5. The van der Waals surface area contributed by atoms with Crippen molar-refractivity contribution < 1.29 is 8.42 Å². The zero-order chi connectivity index (χ0) is 11.2. The lowest BCUT2D eigenvalue weighted by molar-refractivity contribution is 0.571. The third-order valence-electron chi connectivity index (χ3n) is 2.35. The molecule has 0 atom stereocenters. The Balaban J connectivity index is 2.79. The van der Waals surface area contributed by atoms with Gasteiger partial charge in [-0.3, -0.25) is 4.79 Å². The molecule has 7 heteroatoms. The molecule has 1 aliphatic heterocycles. The van der Waals surface area contributed by atoms with Gasteiger partial charge in [-0.2, -0.15) is 4.98 Å². The van der Waals surface area contributed by atoms with E-state index in [1.807, 2.05) is 11.9 Å². The van der Waals surface area contributed by atoms with Crippen molar-refractivity contribution in [2.45, 2.75) is 11.7 Å². The van der Waals surface area contributed by atoms with Crippen molar-refractivity contribution in [1.29, 1.82) is 0 Å². The zero-order valence-corrected chi connectivity index (χ0v) is 9.28. The molecule has 0 bridgehead atoms. The minimum absolute atomic E-state index is 0.144. The number of likely N-dealkylation sites (N-methyl/N-ethyl adjacent to an activating group) is 1. The summed E-state index contributed by atoms with van der Waals surface area (Å²) in [5, 5.41) is -0.144. The Bertz CT molecular complexity index is 561. The molecule has 0 saturated heterocycles. The summed E-state index contributed by atoms with van der Waals surface area (Å²) in [5.41, 5.74) is -0.518. The van der Waals surface area contributed by atoms with Crippen molar-refractivity contribution in [1.82, 2.24) is 9.55 Å². The molecule has 0 radical (unpaired) electrons. The third kappa shape index (κ3) is 1.63. The van der Waals surface area contributed by atoms with Crippen molar-refractivity contribution in [3.05, 3.63) is 16.4 Å². The van der Waals surface area contributed by atoms with Crippen LogP contribution in [0.25, 0.3) is 0 Å². The Morgan fingerprint density at radius 2 is 2.07 bits per heavy atom. The van der Waals surface area contributed by atoms with E-state index in [9.17, 15) is 13.2 Å². The normalized spacial score (nSPS) is 15.5. The number of anilines is 1. The fourth-order valence-corrected chi connectivity index (χ4v) is 2.49. The number of hydrogen-bond donors (Lipinski definition) is 0. The van der Waals surface area contributed by atoms with Gasteiger partial charge < -0.3 is 9.47 Å². The van der Waals surface area contributed by atoms with Gasteiger partial charge in [0, 0.05) is 32.5 Å². The SMILES string of the molecule is CN1CCn2c1cc(=O)nc2S(C)(=O)=O. The van der Waals surface area contributed by atoms with E-state index in [0.29, 0.717) is 18.9 Å². The molecular weight excluding hydrogens is 218 g/mol. The van der Waals surface area contributed by atoms with Gasteiger partial charge in [0.1, 0.15) is 5.82 Å². The first-order valence-corrected chi connectivity index (χ1v) is 6.32. The van der Waals surface area contributed by atoms with Gasteiger partial charge in [-0.1, -0.05) is 0 Å². The minimum atomic E-state index is -3.45. The molecule has 0 aromatic carbocycles. The van der Waals surface area contributed by atoms with E-state index in [-0.39, 0.29) is 5.16 Å². The van der Waals surface area contributed by atoms with Crippen LogP contribution in [-0.2, 0) is 16.4 Å². The molecule has 0 saturated carbocycles. The molecular formula is C8H11N3O3S. The molecule has 0 aliphatic carbocycles. The van der Waals surface area contributed by atoms with Crippen LogP contribution in [0.4, 0.5) is 5.82 Å². The maximum atomic E-state index is 11.4. The topological polar surface area (TPSA) is 72.3 Å². The van der Waals surface area contributed by atoms with E-state index in [2.05, 4.69) is 4.98 Å². The summed E-state index contributed by atoms with van der Waals surface area (Å²) in [6.07, 6.45) is 1.06. The molecule has 1 aliphatic rings. The van der Waals surface area contributed by atoms with Crippen LogP contribution in [0.1, 0.15) is 0 Å². The van der Waals surface area contributed by atoms with Crippen LogP contribution in [0.3, 0.4) is 0 Å². The summed E-state index contributed by atoms with van der Waals surface area (Å²) in [5.74, 6) is 0.607. The zero-order valence-electron chi connectivity index (χ0n) is 8.47. The number of nitrogens with zero attached hydrogens (tertiary/aromatic N) is 3. The van der Waals surface area contributed by atoms with Crippen LogP contribution in [0, 0.1) is 0 Å². The van der Waals surface area contributed by atoms with Gasteiger partial charge in [-0.05, 0) is 0 Å². The number of sulfone groups is 1. The predicted molar refractivity (Wildman–Crippen MR) is 54.9 cm³/mol. The van der Waals surface area contributed by atoms with Gasteiger partial charge in [0.05, 0.1) is 0 Å². The van der Waals surface area contributed by atoms with Crippen molar-refractivity contribution >= 4 is 15.7 Å². The molecule has 6 nitrogen and oxygen atoms in total. The summed E-state index contributed by atoms with van der Waals surface area (Å²) in [6.45, 7) is 1.23. The summed E-state index contributed by atoms with van der Waals surface area (Å²) in [6, 6.07) is 1.35. The first-order valence-electron chi connectivity index (χ1n) is 4.42. The number of rotatable bonds is 1. The molecule has 0 fully saturated rings. The number of fused-ring (bicyclic) bond motifs is 1. The highest BCUT2D eigenvalue weighted by Gasteiger charge is 2.24. The summed E-state index contributed by atoms with van der Waals surface area (Å²) in [7, 11) is -1.64. The quantitative estimate of drug-likeness (QED) is 0.583. The molecule has 15 heavy (non-hydrogen) atoms. The summed E-state index contributed by atoms with van der Waals surface area (Å²) < 4.78 is 24.4. The number of aromatic nitrogens is 2. The van der Waals surface area contributed by atoms with Crippen LogP contribution < -0.4 is 10.5 Å². The molecule has 2 rings (SSSR count). The molecule has 0 amide bonds. The lowest BCUT2D eigenvalue weighted by atomic mass is 10.5. The van der Waals surface area contributed by atoms with Crippen molar-refractivity contribution in [2.75, 3.05) is 24.7 Å². The average molecular weight is 229 g/mol. The molecule has 1 aromatic heterocycles. The van der Waals surface area contributed by atoms with Gasteiger partial charge in [-0.25, -0.2) is 8.42 Å². The molecule has 82 valence electrons. The monoisotopic (exact) mass is 229 g/mol. The fourth-order valence-electron chi connectivity index (χ4n) is 1.65. The lowest BCUT2D eigenvalue weighted by Gasteiger charge is -2.11. The molecule has 0 N–H and O–H groups in total. The summed E-state index contributed by atoms with van der Waals surface area (Å²) >= 11 is 0. The Hall–Kier alpha value is -1.37. The Morgan fingerprint density at radius 3 is 2.67 bits per heavy atom. The van der Waals surface area contributed by atoms with Crippen LogP contribution in [-0.4, -0.2) is 37.8 Å². The minimum Gasteiger partial charge on any atom is -0.359 e. The Labute approximate surface area is 87.1 Å². The van der Waals surface area contributed by atoms with Crippen LogP contribution >= 0.6 is 0 Å². The molecule has 0 spiro atoms. The van der Waals surface area contributed by atoms with E-state index in [4.69, 9.17) is 0 Å². The maximum Gasteiger partial charge on any atom is 0.275 e. The van der Waals surface area contributed by atoms with Crippen LogP contribution in [0.2, 0.25) is 0 Å². The van der Waals surface area contributed by atoms with E-state index in [0.717, 1.165) is 6.26 Å². The van der Waals surface area contributed by atoms with Gasteiger partial charge >= 0.3 is 0 Å². The molecule has 2 heterocycles. The van der Waals surface area contributed by atoms with Crippen LogP contribution in [0.15, 0.2) is 16.0 Å². The Kier molecular flexibility index (Phi) is 2.07. The van der Waals surface area contributed by atoms with Gasteiger partial charge in [0.15, 0.2) is 0 Å². The summed E-state index contributed by atoms with van der Waals surface area (Å²) in [4.78, 5) is 16.6. The molecule has 0 unspecified atom stereocenters. The third-order valence-corrected chi connectivity index (χ3v) is 3.32. The van der Waals surface area contributed by atoms with Crippen molar-refractivity contribution in [2.24, 2.45) is 0 Å². The second-order valence-corrected chi connectivity index (χ2v) is 5.49. The highest BCUT2D eigenvalue weighted by Crippen LogP contribution is 2.20. The van der Waals surface area contributed by atoms with Crippen molar-refractivity contribution in [3.8, 4) is 0 Å². The fraction of sp³-hybridized carbons (Fsp3) is 0.500. The Morgan fingerprint density at radius 1 is 1.40 bits per heavy atom. The largest absolute Gasteiger partial charge is 0.359 e. The van der Waals surface area contributed by atoms with E-state index in [1.54, 1.807) is 4.57 Å². The second kappa shape index (κ2) is 3.06. The predicted octanol–water partition coefficient (Wildman–Crippen LogP) is -0.903. The lowest BCUT2D eigenvalue weighted by Crippen LogP contribution is -2.20. The smallest absolute Gasteiger partial charge is 0.275 e. The standard InChI is InChI=1S/C8H11N3O3S/c1-10-3-4-11-7(10)5-6(12)9-8(11)15(2,13)14/h5H,3-4H2,1-2H3. The van der Waals surface area contributed by atoms with E-state index in [1.165, 1.54) is 6.07 Å². The van der Waals surface area contributed by atoms with Crippen molar-refractivity contribution in [3.63, 3.8) is 0 Å². The van der Waals surface area contributed by atoms with Gasteiger partial charge in [-0.15, -0.1) is 0 Å². The second-order valence-electron chi connectivity index (χ2n) is 3.58. The van der Waals surface area contributed by atoms with Crippen LogP contribution in [0.5, 0.6) is 0 Å².